The van der Waals surface area contributed by atoms with Crippen molar-refractivity contribution in [2.24, 2.45) is 7.05 Å². The Labute approximate surface area is 112 Å². The number of nitrogens with one attached hydrogen (secondary N) is 1. The van der Waals surface area contributed by atoms with E-state index in [-0.39, 0.29) is 29.7 Å². The molecule has 0 saturated heterocycles. The van der Waals surface area contributed by atoms with Gasteiger partial charge < -0.3 is 11.1 Å². The van der Waals surface area contributed by atoms with Gasteiger partial charge >= 0.3 is 0 Å². The van der Waals surface area contributed by atoms with Crippen LogP contribution >= 0.6 is 0 Å². The standard InChI is InChI=1S/C10H19N5O3S/c1-4-5-15(7-9(16)12-2)19(17,18)8-6-14(3)13-10(8)11/h6H,4-5,7H2,1-3H3,(H2,11,13)(H,12,16). The Hall–Kier alpha value is -1.61. The number of rotatable bonds is 6. The number of likely N-dealkylation sites (N-methyl/N-ethyl adjacent to an activating group) is 1. The van der Waals surface area contributed by atoms with Crippen molar-refractivity contribution >= 4 is 21.7 Å². The van der Waals surface area contributed by atoms with Gasteiger partial charge in [0.25, 0.3) is 0 Å². The molecule has 1 aromatic rings. The third kappa shape index (κ3) is 3.44. The van der Waals surface area contributed by atoms with Gasteiger partial charge in [-0.3, -0.25) is 9.48 Å². The molecule has 0 aliphatic heterocycles. The first-order valence-electron chi connectivity index (χ1n) is 5.82. The number of nitrogens with zero attached hydrogens (tertiary/aromatic N) is 3. The summed E-state index contributed by atoms with van der Waals surface area (Å²) in [5.74, 6) is -0.444. The van der Waals surface area contributed by atoms with E-state index in [0.717, 1.165) is 4.31 Å². The fourth-order valence-corrected chi connectivity index (χ4v) is 3.17. The summed E-state index contributed by atoms with van der Waals surface area (Å²) in [7, 11) is -0.777. The first-order valence-corrected chi connectivity index (χ1v) is 7.26. The van der Waals surface area contributed by atoms with Gasteiger partial charge in [-0.25, -0.2) is 8.42 Å². The largest absolute Gasteiger partial charge is 0.381 e. The van der Waals surface area contributed by atoms with Crippen LogP contribution in [0.4, 0.5) is 5.82 Å². The van der Waals surface area contributed by atoms with Crippen LogP contribution in [0.3, 0.4) is 0 Å². The van der Waals surface area contributed by atoms with Crippen LogP contribution in [0.5, 0.6) is 0 Å². The summed E-state index contributed by atoms with van der Waals surface area (Å²) < 4.78 is 27.3. The lowest BCUT2D eigenvalue weighted by molar-refractivity contribution is -0.120. The molecule has 0 saturated carbocycles. The first-order chi connectivity index (χ1) is 8.82. The maximum Gasteiger partial charge on any atom is 0.248 e. The zero-order chi connectivity index (χ0) is 14.6. The predicted octanol–water partition coefficient (Wildman–Crippen LogP) is -0.851. The van der Waals surface area contributed by atoms with Gasteiger partial charge in [0, 0.05) is 26.8 Å². The zero-order valence-corrected chi connectivity index (χ0v) is 12.1. The van der Waals surface area contributed by atoms with Crippen LogP contribution in [-0.4, -0.2) is 48.5 Å². The lowest BCUT2D eigenvalue weighted by atomic mass is 10.4. The molecule has 1 amide bonds. The molecule has 0 atom stereocenters. The number of carbonyl (C=O) groups excluding carboxylic acids is 1. The molecule has 0 unspecified atom stereocenters. The van der Waals surface area contributed by atoms with Gasteiger partial charge in [0.05, 0.1) is 6.54 Å². The number of aromatic nitrogens is 2. The Morgan fingerprint density at radius 3 is 2.63 bits per heavy atom. The summed E-state index contributed by atoms with van der Waals surface area (Å²) in [6.45, 7) is 1.84. The Morgan fingerprint density at radius 2 is 2.21 bits per heavy atom. The van der Waals surface area contributed by atoms with E-state index in [9.17, 15) is 13.2 Å². The van der Waals surface area contributed by atoms with Gasteiger partial charge in [-0.1, -0.05) is 6.92 Å². The van der Waals surface area contributed by atoms with Crippen LogP contribution in [0.2, 0.25) is 0 Å². The number of nitrogen functional groups attached to an aromatic ring is 1. The highest BCUT2D eigenvalue weighted by Gasteiger charge is 2.29. The molecule has 0 bridgehead atoms. The lowest BCUT2D eigenvalue weighted by Gasteiger charge is -2.20. The fraction of sp³-hybridized carbons (Fsp3) is 0.600. The minimum Gasteiger partial charge on any atom is -0.381 e. The summed E-state index contributed by atoms with van der Waals surface area (Å²) in [4.78, 5) is 11.3. The van der Waals surface area contributed by atoms with E-state index in [1.807, 2.05) is 6.92 Å². The molecule has 9 heteroatoms. The van der Waals surface area contributed by atoms with Gasteiger partial charge in [-0.15, -0.1) is 0 Å². The zero-order valence-electron chi connectivity index (χ0n) is 11.3. The molecule has 0 aromatic carbocycles. The SMILES string of the molecule is CCCN(CC(=O)NC)S(=O)(=O)c1cn(C)nc1N. The van der Waals surface area contributed by atoms with Crippen molar-refractivity contribution in [1.82, 2.24) is 19.4 Å². The molecule has 0 radical (unpaired) electrons. The third-order valence-electron chi connectivity index (χ3n) is 2.51. The van der Waals surface area contributed by atoms with E-state index in [1.165, 1.54) is 17.9 Å². The van der Waals surface area contributed by atoms with Crippen LogP contribution in [0, 0.1) is 0 Å². The monoisotopic (exact) mass is 289 g/mol. The minimum atomic E-state index is -3.81. The molecule has 1 heterocycles. The predicted molar refractivity (Wildman–Crippen MR) is 70.7 cm³/mol. The normalized spacial score (nSPS) is 11.8. The molecule has 1 aromatic heterocycles. The summed E-state index contributed by atoms with van der Waals surface area (Å²) in [5.41, 5.74) is 5.59. The highest BCUT2D eigenvalue weighted by atomic mass is 32.2. The van der Waals surface area contributed by atoms with Crippen molar-refractivity contribution in [2.75, 3.05) is 25.9 Å². The Kier molecular flexibility index (Phi) is 4.90. The highest BCUT2D eigenvalue weighted by Crippen LogP contribution is 2.20. The van der Waals surface area contributed by atoms with Crippen LogP contribution in [0.1, 0.15) is 13.3 Å². The molecular formula is C10H19N5O3S. The quantitative estimate of drug-likeness (QED) is 0.708. The van der Waals surface area contributed by atoms with Crippen LogP contribution in [0.15, 0.2) is 11.1 Å². The highest BCUT2D eigenvalue weighted by molar-refractivity contribution is 7.89. The molecular weight excluding hydrogens is 270 g/mol. The molecule has 0 fully saturated rings. The summed E-state index contributed by atoms with van der Waals surface area (Å²) in [6.07, 6.45) is 1.92. The average molecular weight is 289 g/mol. The number of nitrogens with two attached hydrogens (primary N) is 1. The Morgan fingerprint density at radius 1 is 1.58 bits per heavy atom. The second-order valence-electron chi connectivity index (χ2n) is 4.06. The fourth-order valence-electron chi connectivity index (χ4n) is 1.59. The number of hydrogen-bond acceptors (Lipinski definition) is 5. The lowest BCUT2D eigenvalue weighted by Crippen LogP contribution is -2.40. The van der Waals surface area contributed by atoms with E-state index in [0.29, 0.717) is 6.42 Å². The summed E-state index contributed by atoms with van der Waals surface area (Å²) in [6, 6.07) is 0. The summed E-state index contributed by atoms with van der Waals surface area (Å²) in [5, 5.41) is 6.21. The van der Waals surface area contributed by atoms with Gasteiger partial charge in [-0.2, -0.15) is 9.40 Å². The van der Waals surface area contributed by atoms with E-state index in [2.05, 4.69) is 10.4 Å². The van der Waals surface area contributed by atoms with Crippen molar-refractivity contribution < 1.29 is 13.2 Å². The van der Waals surface area contributed by atoms with Gasteiger partial charge in [0.1, 0.15) is 4.90 Å². The Balaban J connectivity index is 3.12. The maximum absolute atomic E-state index is 12.4. The van der Waals surface area contributed by atoms with E-state index in [1.54, 1.807) is 7.05 Å². The number of hydrogen-bond donors (Lipinski definition) is 2. The van der Waals surface area contributed by atoms with Gasteiger partial charge in [0.15, 0.2) is 5.82 Å². The number of carbonyl (C=O) groups is 1. The van der Waals surface area contributed by atoms with E-state index in [4.69, 9.17) is 5.73 Å². The molecule has 8 nitrogen and oxygen atoms in total. The summed E-state index contributed by atoms with van der Waals surface area (Å²) >= 11 is 0. The average Bonchev–Trinajstić information content (AvgIpc) is 2.68. The minimum absolute atomic E-state index is 0.0690. The van der Waals surface area contributed by atoms with Crippen molar-refractivity contribution in [3.63, 3.8) is 0 Å². The van der Waals surface area contributed by atoms with Crippen molar-refractivity contribution in [3.05, 3.63) is 6.20 Å². The topological polar surface area (TPSA) is 110 Å². The maximum atomic E-state index is 12.4. The van der Waals surface area contributed by atoms with Crippen LogP contribution in [0.25, 0.3) is 0 Å². The number of amides is 1. The molecule has 3 N–H and O–H groups in total. The second kappa shape index (κ2) is 6.02. The number of aryl methyl sites for hydroxylation is 1. The molecule has 0 aliphatic rings. The van der Waals surface area contributed by atoms with Gasteiger partial charge in [0.2, 0.25) is 15.9 Å². The molecule has 0 spiro atoms. The second-order valence-corrected chi connectivity index (χ2v) is 5.97. The van der Waals surface area contributed by atoms with Gasteiger partial charge in [-0.05, 0) is 6.42 Å². The number of anilines is 1. The molecule has 0 aliphatic carbocycles. The first kappa shape index (κ1) is 15.4. The Bertz CT molecular complexity index is 552. The molecule has 1 rings (SSSR count). The van der Waals surface area contributed by atoms with Crippen LogP contribution in [-0.2, 0) is 21.9 Å². The van der Waals surface area contributed by atoms with Crippen LogP contribution < -0.4 is 11.1 Å². The van der Waals surface area contributed by atoms with Crippen molar-refractivity contribution in [3.8, 4) is 0 Å². The number of sulfonamides is 1. The van der Waals surface area contributed by atoms with Crippen molar-refractivity contribution in [2.45, 2.75) is 18.2 Å². The van der Waals surface area contributed by atoms with E-state index < -0.39 is 10.0 Å². The third-order valence-corrected chi connectivity index (χ3v) is 4.37. The molecule has 19 heavy (non-hydrogen) atoms. The molecule has 108 valence electrons. The smallest absolute Gasteiger partial charge is 0.248 e. The van der Waals surface area contributed by atoms with Crippen molar-refractivity contribution in [1.29, 1.82) is 0 Å². The van der Waals surface area contributed by atoms with E-state index >= 15 is 0 Å².